The van der Waals surface area contributed by atoms with Crippen LogP contribution in [0.25, 0.3) is 0 Å². The highest BCUT2D eigenvalue weighted by Gasteiger charge is 2.12. The fourth-order valence-electron chi connectivity index (χ4n) is 0.367. The second kappa shape index (κ2) is 8.00. The Morgan fingerprint density at radius 3 is 2.73 bits per heavy atom. The quantitative estimate of drug-likeness (QED) is 0.512. The van der Waals surface area contributed by atoms with E-state index in [9.17, 15) is 4.79 Å². The third kappa shape index (κ3) is 6.53. The van der Waals surface area contributed by atoms with Gasteiger partial charge in [-0.1, -0.05) is 11.7 Å². The van der Waals surface area contributed by atoms with Crippen molar-refractivity contribution in [1.82, 2.24) is 0 Å². The van der Waals surface area contributed by atoms with Crippen LogP contribution in [0.2, 0.25) is 0 Å². The van der Waals surface area contributed by atoms with E-state index in [1.807, 2.05) is 0 Å². The van der Waals surface area contributed by atoms with Crippen molar-refractivity contribution in [2.24, 2.45) is 5.73 Å². The molecule has 0 amide bonds. The molecular weight excluding hydrogens is 238 g/mol. The van der Waals surface area contributed by atoms with Crippen LogP contribution in [0, 0.1) is 0 Å². The van der Waals surface area contributed by atoms with E-state index in [0.717, 1.165) is 10.8 Å². The van der Waals surface area contributed by atoms with Gasteiger partial charge in [0.15, 0.2) is 0 Å². The Morgan fingerprint density at radius 1 is 1.64 bits per heavy atom. The zero-order valence-electron chi connectivity index (χ0n) is 5.60. The molecule has 0 aliphatic rings. The van der Waals surface area contributed by atoms with E-state index in [0.29, 0.717) is 12.2 Å². The van der Waals surface area contributed by atoms with Gasteiger partial charge >= 0.3 is 0 Å². The monoisotopic (exact) mass is 247 g/mol. The number of rotatable bonds is 5. The van der Waals surface area contributed by atoms with Gasteiger partial charge in [0.1, 0.15) is 0 Å². The molecule has 7 heteroatoms. The Balaban J connectivity index is 3.47. The van der Waals surface area contributed by atoms with Gasteiger partial charge in [-0.15, -0.1) is 0 Å². The van der Waals surface area contributed by atoms with Crippen LogP contribution < -0.4 is 5.73 Å². The zero-order chi connectivity index (χ0) is 8.69. The first-order valence-corrected chi connectivity index (χ1v) is 7.94. The van der Waals surface area contributed by atoms with Gasteiger partial charge in [0.25, 0.3) is 0 Å². The third-order valence-corrected chi connectivity index (χ3v) is 5.43. The lowest BCUT2D eigenvalue weighted by Gasteiger charge is -2.05. The maximum absolute atomic E-state index is 11.0. The number of nitrogens with two attached hydrogens (primary N) is 1. The first-order valence-electron chi connectivity index (χ1n) is 2.77. The molecule has 0 saturated heterocycles. The highest BCUT2D eigenvalue weighted by Crippen LogP contribution is 2.37. The largest absolute Gasteiger partial charge is 0.321 e. The summed E-state index contributed by atoms with van der Waals surface area (Å²) < 4.78 is 0. The van der Waals surface area contributed by atoms with Crippen LogP contribution in [0.5, 0.6) is 0 Å². The minimum Gasteiger partial charge on any atom is -0.321 e. The molecule has 0 aliphatic heterocycles. The number of carbonyl (C=O) groups is 1. The average molecular weight is 247 g/mol. The second-order valence-corrected chi connectivity index (χ2v) is 6.89. The molecule has 0 aromatic rings. The lowest BCUT2D eigenvalue weighted by molar-refractivity contribution is -0.111. The highest BCUT2D eigenvalue weighted by molar-refractivity contribution is 9.25. The normalized spacial score (nSPS) is 13.0. The lowest BCUT2D eigenvalue weighted by atomic mass is 10.3. The molecule has 0 aromatic carbocycles. The van der Waals surface area contributed by atoms with E-state index >= 15 is 0 Å². The van der Waals surface area contributed by atoms with Crippen molar-refractivity contribution in [3.8, 4) is 0 Å². The van der Waals surface area contributed by atoms with Gasteiger partial charge < -0.3 is 5.73 Å². The summed E-state index contributed by atoms with van der Waals surface area (Å²) in [4.78, 5) is 11.0. The van der Waals surface area contributed by atoms with Crippen LogP contribution in [-0.2, 0) is 4.79 Å². The van der Waals surface area contributed by atoms with E-state index in [1.165, 1.54) is 19.7 Å². The van der Waals surface area contributed by atoms with Crippen LogP contribution in [0.4, 0.5) is 0 Å². The fourth-order valence-corrected chi connectivity index (χ4v) is 3.35. The molecule has 2 nitrogen and oxygen atoms in total. The highest BCUT2D eigenvalue weighted by atomic mass is 33.7. The number of carbonyl (C=O) groups excluding carboxylic acids is 1. The molecule has 0 rings (SSSR count). The van der Waals surface area contributed by atoms with E-state index in [-0.39, 0.29) is 11.2 Å². The van der Waals surface area contributed by atoms with Crippen LogP contribution in [0.1, 0.15) is 6.42 Å². The van der Waals surface area contributed by atoms with Crippen molar-refractivity contribution in [2.75, 3.05) is 5.75 Å². The summed E-state index contributed by atoms with van der Waals surface area (Å²) in [6, 6.07) is -0.384. The molecule has 0 fully saturated rings. The Bertz CT molecular complexity index is 121. The Kier molecular flexibility index (Phi) is 9.00. The van der Waals surface area contributed by atoms with Crippen molar-refractivity contribution in [3.05, 3.63) is 0 Å². The molecule has 1 atom stereocenters. The smallest absolute Gasteiger partial charge is 0.216 e. The number of hydrogen-bond acceptors (Lipinski definition) is 7. The van der Waals surface area contributed by atoms with Crippen molar-refractivity contribution >= 4 is 59.9 Å². The molecule has 0 aromatic heterocycles. The summed E-state index contributed by atoms with van der Waals surface area (Å²) in [7, 11) is 3.69. The molecule has 11 heavy (non-hydrogen) atoms. The molecule has 0 bridgehead atoms. The van der Waals surface area contributed by atoms with Gasteiger partial charge in [-0.3, -0.25) is 4.79 Å². The summed E-state index contributed by atoms with van der Waals surface area (Å²) in [5, 5.41) is -0.00870. The summed E-state index contributed by atoms with van der Waals surface area (Å²) in [6.07, 6.45) is 0.632. The van der Waals surface area contributed by atoms with Crippen LogP contribution in [0.15, 0.2) is 0 Å². The average Bonchev–Trinajstić information content (AvgIpc) is 2.00. The van der Waals surface area contributed by atoms with Crippen LogP contribution in [0.3, 0.4) is 0 Å². The first-order chi connectivity index (χ1) is 5.22. The van der Waals surface area contributed by atoms with Gasteiger partial charge in [0.05, 0.1) is 6.04 Å². The van der Waals surface area contributed by atoms with Crippen molar-refractivity contribution in [3.63, 3.8) is 0 Å². The molecule has 66 valence electrons. The minimum absolute atomic E-state index is 0.00870. The summed E-state index contributed by atoms with van der Waals surface area (Å²) in [5.74, 6) is 0.645. The van der Waals surface area contributed by atoms with Gasteiger partial charge in [0.2, 0.25) is 5.12 Å². The third-order valence-electron chi connectivity index (χ3n) is 0.889. The topological polar surface area (TPSA) is 43.1 Å². The standard InChI is InChI=1S/C4H9NOS5/c5-3(1-2-7)4(6)9-11-10-8/h3,7-8H,1-2,5H2/t3-/m0/s1. The van der Waals surface area contributed by atoms with E-state index < -0.39 is 0 Å². The molecule has 0 aliphatic carbocycles. The number of thiol groups is 2. The van der Waals surface area contributed by atoms with E-state index in [2.05, 4.69) is 24.3 Å². The summed E-state index contributed by atoms with van der Waals surface area (Å²) in [5.41, 5.74) is 5.50. The molecule has 0 radical (unpaired) electrons. The van der Waals surface area contributed by atoms with Gasteiger partial charge in [0, 0.05) is 0 Å². The van der Waals surface area contributed by atoms with Crippen molar-refractivity contribution in [1.29, 1.82) is 0 Å². The predicted molar refractivity (Wildman–Crippen MR) is 63.2 cm³/mol. The summed E-state index contributed by atoms with van der Waals surface area (Å²) in [6.45, 7) is 0. The Hall–Kier alpha value is 1.38. The van der Waals surface area contributed by atoms with E-state index in [1.54, 1.807) is 0 Å². The number of hydrogen-bond donors (Lipinski definition) is 3. The molecule has 0 saturated carbocycles. The fraction of sp³-hybridized carbons (Fsp3) is 0.750. The van der Waals surface area contributed by atoms with Gasteiger partial charge in [-0.25, -0.2) is 0 Å². The minimum atomic E-state index is -0.384. The maximum atomic E-state index is 11.0. The molecular formula is C4H9NOS5. The predicted octanol–water partition coefficient (Wildman–Crippen LogP) is 2.03. The van der Waals surface area contributed by atoms with Crippen LogP contribution in [-0.4, -0.2) is 16.9 Å². The Labute approximate surface area is 88.2 Å². The first kappa shape index (κ1) is 12.4. The van der Waals surface area contributed by atoms with E-state index in [4.69, 9.17) is 5.73 Å². The zero-order valence-corrected chi connectivity index (χ0v) is 9.83. The lowest BCUT2D eigenvalue weighted by Crippen LogP contribution is -2.27. The molecule has 0 unspecified atom stereocenters. The SMILES string of the molecule is N[C@@H](CCS)C(=O)SSSS. The molecule has 0 heterocycles. The molecule has 0 spiro atoms. The van der Waals surface area contributed by atoms with Crippen molar-refractivity contribution < 1.29 is 4.79 Å². The van der Waals surface area contributed by atoms with Crippen molar-refractivity contribution in [2.45, 2.75) is 12.5 Å². The maximum Gasteiger partial charge on any atom is 0.216 e. The van der Waals surface area contributed by atoms with Crippen LogP contribution >= 0.6 is 54.7 Å². The summed E-state index contributed by atoms with van der Waals surface area (Å²) >= 11 is 7.84. The Morgan fingerprint density at radius 2 is 2.27 bits per heavy atom. The van der Waals surface area contributed by atoms with Gasteiger partial charge in [-0.2, -0.15) is 12.6 Å². The second-order valence-electron chi connectivity index (χ2n) is 1.66. The molecule has 2 N–H and O–H groups in total. The van der Waals surface area contributed by atoms with Gasteiger partial charge in [-0.05, 0) is 42.6 Å².